The van der Waals surface area contributed by atoms with Crippen molar-refractivity contribution in [2.45, 2.75) is 77.9 Å². The Bertz CT molecular complexity index is 207. The fourth-order valence-electron chi connectivity index (χ4n) is 3.20. The molecule has 0 heterocycles. The smallest absolute Gasteiger partial charge is 0.0942 e. The van der Waals surface area contributed by atoms with Gasteiger partial charge in [0, 0.05) is 6.61 Å². The van der Waals surface area contributed by atoms with Crippen LogP contribution >= 0.6 is 0 Å². The summed E-state index contributed by atoms with van der Waals surface area (Å²) in [5.74, 6) is 1.14. The molecule has 0 aromatic carbocycles. The first-order valence-electron chi connectivity index (χ1n) is 7.37. The van der Waals surface area contributed by atoms with Gasteiger partial charge in [-0.3, -0.25) is 0 Å². The lowest BCUT2D eigenvalue weighted by atomic mass is 9.72. The quantitative estimate of drug-likeness (QED) is 0.768. The van der Waals surface area contributed by atoms with Crippen molar-refractivity contribution in [3.63, 3.8) is 0 Å². The number of hydrogen-bond acceptors (Lipinski definition) is 2. The van der Waals surface area contributed by atoms with E-state index in [0.717, 1.165) is 31.6 Å². The molecule has 2 heteroatoms. The highest BCUT2D eigenvalue weighted by atomic mass is 16.5. The van der Waals surface area contributed by atoms with E-state index < -0.39 is 0 Å². The SMILES string of the molecule is CCCC(C)C(O)C1(OCC)CCC(C)CC1. The summed E-state index contributed by atoms with van der Waals surface area (Å²) in [6.07, 6.45) is 6.36. The third-order valence-corrected chi connectivity index (χ3v) is 4.37. The molecule has 0 saturated heterocycles. The van der Waals surface area contributed by atoms with E-state index in [1.54, 1.807) is 0 Å². The van der Waals surface area contributed by atoms with E-state index in [2.05, 4.69) is 20.8 Å². The highest BCUT2D eigenvalue weighted by molar-refractivity contribution is 4.94. The van der Waals surface area contributed by atoms with Crippen molar-refractivity contribution in [1.29, 1.82) is 0 Å². The molecule has 0 bridgehead atoms. The van der Waals surface area contributed by atoms with Crippen molar-refractivity contribution in [2.24, 2.45) is 11.8 Å². The summed E-state index contributed by atoms with van der Waals surface area (Å²) in [4.78, 5) is 0. The Morgan fingerprint density at radius 2 is 1.88 bits per heavy atom. The van der Waals surface area contributed by atoms with Gasteiger partial charge < -0.3 is 9.84 Å². The van der Waals surface area contributed by atoms with Crippen LogP contribution in [0, 0.1) is 11.8 Å². The third kappa shape index (κ3) is 3.69. The van der Waals surface area contributed by atoms with E-state index in [9.17, 15) is 5.11 Å². The van der Waals surface area contributed by atoms with Crippen LogP contribution in [0.1, 0.15) is 66.2 Å². The van der Waals surface area contributed by atoms with E-state index in [-0.39, 0.29) is 11.7 Å². The van der Waals surface area contributed by atoms with Gasteiger partial charge in [0.2, 0.25) is 0 Å². The van der Waals surface area contributed by atoms with Gasteiger partial charge in [0.25, 0.3) is 0 Å². The molecule has 2 nitrogen and oxygen atoms in total. The molecule has 2 unspecified atom stereocenters. The van der Waals surface area contributed by atoms with Gasteiger partial charge in [0.05, 0.1) is 11.7 Å². The van der Waals surface area contributed by atoms with Crippen molar-refractivity contribution in [2.75, 3.05) is 6.61 Å². The molecule has 0 aromatic rings. The fraction of sp³-hybridized carbons (Fsp3) is 1.00. The number of rotatable bonds is 6. The second-order valence-corrected chi connectivity index (χ2v) is 5.89. The first kappa shape index (κ1) is 15.0. The van der Waals surface area contributed by atoms with Crippen molar-refractivity contribution < 1.29 is 9.84 Å². The van der Waals surface area contributed by atoms with Crippen molar-refractivity contribution in [1.82, 2.24) is 0 Å². The van der Waals surface area contributed by atoms with Gasteiger partial charge >= 0.3 is 0 Å². The Kier molecular flexibility index (Phi) is 5.94. The Balaban J connectivity index is 2.69. The summed E-state index contributed by atoms with van der Waals surface area (Å²) in [6, 6.07) is 0. The predicted octanol–water partition coefficient (Wildman–Crippen LogP) is 3.77. The van der Waals surface area contributed by atoms with E-state index >= 15 is 0 Å². The van der Waals surface area contributed by atoms with Crippen molar-refractivity contribution in [3.8, 4) is 0 Å². The zero-order valence-corrected chi connectivity index (χ0v) is 12.0. The van der Waals surface area contributed by atoms with E-state index in [4.69, 9.17) is 4.74 Å². The fourth-order valence-corrected chi connectivity index (χ4v) is 3.20. The Hall–Kier alpha value is -0.0800. The lowest BCUT2D eigenvalue weighted by Gasteiger charge is -2.44. The summed E-state index contributed by atoms with van der Waals surface area (Å²) < 4.78 is 6.00. The third-order valence-electron chi connectivity index (χ3n) is 4.37. The van der Waals surface area contributed by atoms with Crippen molar-refractivity contribution >= 4 is 0 Å². The van der Waals surface area contributed by atoms with Crippen LogP contribution in [0.5, 0.6) is 0 Å². The summed E-state index contributed by atoms with van der Waals surface area (Å²) in [5, 5.41) is 10.6. The van der Waals surface area contributed by atoms with Gasteiger partial charge in [-0.2, -0.15) is 0 Å². The molecule has 1 N–H and O–H groups in total. The van der Waals surface area contributed by atoms with Gasteiger partial charge in [0.15, 0.2) is 0 Å². The normalized spacial score (nSPS) is 33.4. The minimum Gasteiger partial charge on any atom is -0.390 e. The molecular formula is C15H30O2. The van der Waals surface area contributed by atoms with Gasteiger partial charge in [0.1, 0.15) is 0 Å². The Labute approximate surface area is 107 Å². The van der Waals surface area contributed by atoms with Gasteiger partial charge in [-0.15, -0.1) is 0 Å². The van der Waals surface area contributed by atoms with E-state index in [1.807, 2.05) is 6.92 Å². The molecule has 0 radical (unpaired) electrons. The molecular weight excluding hydrogens is 212 g/mol. The van der Waals surface area contributed by atoms with Crippen LogP contribution in [0.25, 0.3) is 0 Å². The predicted molar refractivity (Wildman–Crippen MR) is 72.1 cm³/mol. The molecule has 2 atom stereocenters. The van der Waals surface area contributed by atoms with Crippen LogP contribution in [-0.2, 0) is 4.74 Å². The maximum atomic E-state index is 10.6. The lowest BCUT2D eigenvalue weighted by Crippen LogP contribution is -2.50. The second kappa shape index (κ2) is 6.75. The molecule has 17 heavy (non-hydrogen) atoms. The maximum absolute atomic E-state index is 10.6. The number of aliphatic hydroxyl groups excluding tert-OH is 1. The van der Waals surface area contributed by atoms with Gasteiger partial charge in [-0.25, -0.2) is 0 Å². The highest BCUT2D eigenvalue weighted by Gasteiger charge is 2.43. The maximum Gasteiger partial charge on any atom is 0.0942 e. The molecule has 102 valence electrons. The van der Waals surface area contributed by atoms with Crippen LogP contribution in [0.2, 0.25) is 0 Å². The van der Waals surface area contributed by atoms with Gasteiger partial charge in [-0.1, -0.05) is 27.2 Å². The summed E-state index contributed by atoms with van der Waals surface area (Å²) >= 11 is 0. The van der Waals surface area contributed by atoms with Crippen LogP contribution in [-0.4, -0.2) is 23.4 Å². The molecule has 1 aliphatic carbocycles. The first-order valence-corrected chi connectivity index (χ1v) is 7.37. The zero-order chi connectivity index (χ0) is 12.9. The Morgan fingerprint density at radius 1 is 1.29 bits per heavy atom. The van der Waals surface area contributed by atoms with Crippen LogP contribution in [0.15, 0.2) is 0 Å². The number of aliphatic hydroxyl groups is 1. The van der Waals surface area contributed by atoms with E-state index in [1.165, 1.54) is 12.8 Å². The average molecular weight is 242 g/mol. The topological polar surface area (TPSA) is 29.5 Å². The molecule has 1 saturated carbocycles. The monoisotopic (exact) mass is 242 g/mol. The van der Waals surface area contributed by atoms with E-state index in [0.29, 0.717) is 12.5 Å². The molecule has 0 amide bonds. The first-order chi connectivity index (χ1) is 8.05. The van der Waals surface area contributed by atoms with Crippen LogP contribution in [0.4, 0.5) is 0 Å². The minimum absolute atomic E-state index is 0.254. The lowest BCUT2D eigenvalue weighted by molar-refractivity contribution is -0.159. The van der Waals surface area contributed by atoms with Crippen LogP contribution in [0.3, 0.4) is 0 Å². The molecule has 0 spiro atoms. The standard InChI is InChI=1S/C15H30O2/c1-5-7-13(4)14(16)15(17-6-2)10-8-12(3)9-11-15/h12-14,16H,5-11H2,1-4H3. The molecule has 0 aromatic heterocycles. The largest absolute Gasteiger partial charge is 0.390 e. The molecule has 1 aliphatic rings. The highest BCUT2D eigenvalue weighted by Crippen LogP contribution is 2.40. The molecule has 1 rings (SSSR count). The molecule has 0 aliphatic heterocycles. The number of hydrogen-bond donors (Lipinski definition) is 1. The van der Waals surface area contributed by atoms with Gasteiger partial charge in [-0.05, 0) is 50.9 Å². The summed E-state index contributed by atoms with van der Waals surface area (Å²) in [7, 11) is 0. The minimum atomic E-state index is -0.296. The van der Waals surface area contributed by atoms with Crippen LogP contribution < -0.4 is 0 Å². The zero-order valence-electron chi connectivity index (χ0n) is 12.0. The summed E-state index contributed by atoms with van der Waals surface area (Å²) in [6.45, 7) is 9.39. The Morgan fingerprint density at radius 3 is 2.35 bits per heavy atom. The molecule has 1 fully saturated rings. The van der Waals surface area contributed by atoms with Crippen molar-refractivity contribution in [3.05, 3.63) is 0 Å². The average Bonchev–Trinajstić information content (AvgIpc) is 2.32. The second-order valence-electron chi connectivity index (χ2n) is 5.89. The number of ether oxygens (including phenoxy) is 1. The summed E-state index contributed by atoms with van der Waals surface area (Å²) in [5.41, 5.74) is -0.254.